The number of benzene rings is 1. The summed E-state index contributed by atoms with van der Waals surface area (Å²) in [4.78, 5) is 51.4. The Kier molecular flexibility index (Phi) is 12.0. The van der Waals surface area contributed by atoms with Crippen LogP contribution in [0.4, 0.5) is 14.4 Å². The van der Waals surface area contributed by atoms with Crippen LogP contribution in [0.2, 0.25) is 0 Å². The molecule has 0 radical (unpaired) electrons. The molecule has 2 saturated heterocycles. The van der Waals surface area contributed by atoms with Crippen LogP contribution in [0.5, 0.6) is 5.75 Å². The number of cyclic esters (lactones) is 1. The minimum absolute atomic E-state index is 0.0490. The molecule has 0 aromatic heterocycles. The summed E-state index contributed by atoms with van der Waals surface area (Å²) in [5, 5.41) is 17.0. The van der Waals surface area contributed by atoms with Crippen molar-refractivity contribution in [3.05, 3.63) is 29.8 Å². The number of piperidine rings is 1. The first-order valence-electron chi connectivity index (χ1n) is 15.1. The Bertz CT molecular complexity index is 1200. The van der Waals surface area contributed by atoms with E-state index in [4.69, 9.17) is 29.1 Å². The number of carbonyl (C=O) groups is 4. The molecule has 2 aliphatic rings. The molecule has 0 aliphatic carbocycles. The van der Waals surface area contributed by atoms with Gasteiger partial charge in [0.2, 0.25) is 0 Å². The van der Waals surface area contributed by atoms with Crippen LogP contribution in [0.15, 0.2) is 24.3 Å². The van der Waals surface area contributed by atoms with Crippen LogP contribution in [0, 0.1) is 11.3 Å². The van der Waals surface area contributed by atoms with E-state index in [0.717, 1.165) is 31.5 Å². The molecule has 2 aliphatic heterocycles. The fourth-order valence-electron chi connectivity index (χ4n) is 5.08. The molecule has 45 heavy (non-hydrogen) atoms. The van der Waals surface area contributed by atoms with Gasteiger partial charge in [0.05, 0.1) is 19.7 Å². The predicted molar refractivity (Wildman–Crippen MR) is 164 cm³/mol. The lowest BCUT2D eigenvalue weighted by Gasteiger charge is -2.35. The van der Waals surface area contributed by atoms with Crippen molar-refractivity contribution < 1.29 is 42.9 Å². The van der Waals surface area contributed by atoms with Crippen LogP contribution < -0.4 is 20.7 Å². The van der Waals surface area contributed by atoms with Crippen LogP contribution in [-0.2, 0) is 30.2 Å². The fraction of sp³-hybridized carbons (Fsp3) is 0.645. The second-order valence-corrected chi connectivity index (χ2v) is 13.1. The van der Waals surface area contributed by atoms with Crippen LogP contribution in [-0.4, -0.2) is 97.7 Å². The van der Waals surface area contributed by atoms with Gasteiger partial charge in [-0.1, -0.05) is 12.1 Å². The second kappa shape index (κ2) is 15.3. The summed E-state index contributed by atoms with van der Waals surface area (Å²) < 4.78 is 26.9. The van der Waals surface area contributed by atoms with Gasteiger partial charge < -0.3 is 34.3 Å². The molecule has 3 rings (SSSR count). The molecular formula is C31H47N5O9. The second-order valence-electron chi connectivity index (χ2n) is 13.1. The number of rotatable bonds is 10. The Balaban J connectivity index is 1.60. The SMILES string of the molecule is COC(=O)C(Cc1ccc(OCC2CN(C(C(=N)NC(=O)OC(C)(C)C)C3CCNCC3)C(=O)O2)cc1)NC(=O)OC(C)(C)C. The van der Waals surface area contributed by atoms with Gasteiger partial charge in [-0.15, -0.1) is 0 Å². The van der Waals surface area contributed by atoms with Crippen molar-refractivity contribution in [2.75, 3.05) is 33.4 Å². The standard InChI is InChI=1S/C31H47N5O9/c1-30(2,3)44-27(38)34-23(26(37)41-7)16-19-8-10-21(11-9-19)42-18-22-17-36(29(40)43-22)24(20-12-14-33-15-13-20)25(32)35-28(39)45-31(4,5)6/h8-11,20,22-24,33H,12-18H2,1-7H3,(H,34,38)(H2,32,35,39). The van der Waals surface area contributed by atoms with Crippen LogP contribution >= 0.6 is 0 Å². The first kappa shape index (κ1) is 35.4. The van der Waals surface area contributed by atoms with E-state index < -0.39 is 53.6 Å². The highest BCUT2D eigenvalue weighted by Crippen LogP contribution is 2.27. The maximum Gasteiger partial charge on any atom is 0.413 e. The number of hydrogen-bond acceptors (Lipinski definition) is 11. The summed E-state index contributed by atoms with van der Waals surface area (Å²) in [5.41, 5.74) is -0.711. The first-order valence-corrected chi connectivity index (χ1v) is 15.1. The molecule has 0 bridgehead atoms. The van der Waals surface area contributed by atoms with Gasteiger partial charge in [0.1, 0.15) is 35.4 Å². The molecule has 14 heteroatoms. The molecular weight excluding hydrogens is 586 g/mol. The lowest BCUT2D eigenvalue weighted by atomic mass is 9.88. The van der Waals surface area contributed by atoms with E-state index in [0.29, 0.717) is 5.75 Å². The molecule has 1 aromatic carbocycles. The number of ether oxygens (including phenoxy) is 5. The van der Waals surface area contributed by atoms with Gasteiger partial charge in [-0.3, -0.25) is 15.6 Å². The number of nitrogens with zero attached hydrogens (tertiary/aromatic N) is 1. The monoisotopic (exact) mass is 633 g/mol. The molecule has 250 valence electrons. The Morgan fingerprint density at radius 3 is 2.20 bits per heavy atom. The van der Waals surface area contributed by atoms with E-state index in [2.05, 4.69) is 16.0 Å². The smallest absolute Gasteiger partial charge is 0.413 e. The highest BCUT2D eigenvalue weighted by atomic mass is 16.6. The van der Waals surface area contributed by atoms with Crippen molar-refractivity contribution in [1.29, 1.82) is 5.41 Å². The normalized spacial score (nSPS) is 18.7. The first-order chi connectivity index (χ1) is 21.0. The third-order valence-corrected chi connectivity index (χ3v) is 6.98. The van der Waals surface area contributed by atoms with E-state index in [-0.39, 0.29) is 31.3 Å². The zero-order chi connectivity index (χ0) is 33.4. The Labute approximate surface area is 264 Å². The van der Waals surface area contributed by atoms with E-state index in [1.165, 1.54) is 12.0 Å². The fourth-order valence-corrected chi connectivity index (χ4v) is 5.08. The van der Waals surface area contributed by atoms with Crippen molar-refractivity contribution >= 4 is 30.1 Å². The minimum Gasteiger partial charge on any atom is -0.490 e. The van der Waals surface area contributed by atoms with Gasteiger partial charge in [0, 0.05) is 6.42 Å². The number of alkyl carbamates (subject to hydrolysis) is 2. The molecule has 3 unspecified atom stereocenters. The molecule has 0 saturated carbocycles. The Morgan fingerprint density at radius 1 is 1.02 bits per heavy atom. The van der Waals surface area contributed by atoms with E-state index in [9.17, 15) is 19.2 Å². The number of esters is 1. The molecule has 4 N–H and O–H groups in total. The molecule has 2 heterocycles. The van der Waals surface area contributed by atoms with Crippen molar-refractivity contribution in [1.82, 2.24) is 20.9 Å². The number of nitrogens with one attached hydrogen (secondary N) is 4. The van der Waals surface area contributed by atoms with Gasteiger partial charge in [-0.2, -0.15) is 0 Å². The number of methoxy groups -OCH3 is 1. The maximum atomic E-state index is 13.0. The molecule has 2 fully saturated rings. The Hall–Kier alpha value is -4.07. The van der Waals surface area contributed by atoms with Crippen LogP contribution in [0.1, 0.15) is 59.9 Å². The van der Waals surface area contributed by atoms with E-state index in [1.54, 1.807) is 65.8 Å². The highest BCUT2D eigenvalue weighted by Gasteiger charge is 2.43. The van der Waals surface area contributed by atoms with Crippen molar-refractivity contribution in [3.8, 4) is 5.75 Å². The van der Waals surface area contributed by atoms with Gasteiger partial charge in [-0.05, 0) is 91.1 Å². The number of amidine groups is 1. The van der Waals surface area contributed by atoms with E-state index in [1.807, 2.05) is 0 Å². The number of carbonyl (C=O) groups excluding carboxylic acids is 4. The van der Waals surface area contributed by atoms with Crippen molar-refractivity contribution in [3.63, 3.8) is 0 Å². The van der Waals surface area contributed by atoms with Gasteiger partial charge in [0.25, 0.3) is 0 Å². The lowest BCUT2D eigenvalue weighted by molar-refractivity contribution is -0.143. The summed E-state index contributed by atoms with van der Waals surface area (Å²) in [6.45, 7) is 12.1. The Morgan fingerprint density at radius 2 is 1.62 bits per heavy atom. The minimum atomic E-state index is -0.947. The van der Waals surface area contributed by atoms with Crippen LogP contribution in [0.25, 0.3) is 0 Å². The summed E-state index contributed by atoms with van der Waals surface area (Å²) in [5.74, 6) is -0.257. The predicted octanol–water partition coefficient (Wildman–Crippen LogP) is 3.37. The van der Waals surface area contributed by atoms with E-state index >= 15 is 0 Å². The molecule has 3 atom stereocenters. The highest BCUT2D eigenvalue weighted by molar-refractivity contribution is 5.98. The lowest BCUT2D eigenvalue weighted by Crippen LogP contribution is -2.55. The average Bonchev–Trinajstić information content (AvgIpc) is 3.30. The zero-order valence-corrected chi connectivity index (χ0v) is 27.2. The molecule has 14 nitrogen and oxygen atoms in total. The third kappa shape index (κ3) is 11.4. The maximum absolute atomic E-state index is 13.0. The van der Waals surface area contributed by atoms with Gasteiger partial charge in [-0.25, -0.2) is 19.2 Å². The topological polar surface area (TPSA) is 178 Å². The van der Waals surface area contributed by atoms with Crippen LogP contribution in [0.3, 0.4) is 0 Å². The summed E-state index contributed by atoms with van der Waals surface area (Å²) in [6, 6.07) is 5.30. The number of hydrogen-bond donors (Lipinski definition) is 4. The molecule has 0 spiro atoms. The summed E-state index contributed by atoms with van der Waals surface area (Å²) in [7, 11) is 1.25. The molecule has 3 amide bonds. The largest absolute Gasteiger partial charge is 0.490 e. The van der Waals surface area contributed by atoms with Gasteiger partial charge >= 0.3 is 24.2 Å². The summed E-state index contributed by atoms with van der Waals surface area (Å²) in [6.07, 6.45) is -1.03. The number of amides is 3. The third-order valence-electron chi connectivity index (χ3n) is 6.98. The summed E-state index contributed by atoms with van der Waals surface area (Å²) >= 11 is 0. The zero-order valence-electron chi connectivity index (χ0n) is 27.2. The molecule has 1 aromatic rings. The quantitative estimate of drug-likeness (QED) is 0.129. The van der Waals surface area contributed by atoms with Crippen molar-refractivity contribution in [2.24, 2.45) is 5.92 Å². The average molecular weight is 634 g/mol. The van der Waals surface area contributed by atoms with Crippen molar-refractivity contribution in [2.45, 2.75) is 90.2 Å². The van der Waals surface area contributed by atoms with Gasteiger partial charge in [0.15, 0.2) is 6.10 Å².